The molecule has 6 nitrogen and oxygen atoms in total. The lowest BCUT2D eigenvalue weighted by molar-refractivity contribution is -0.140. The molecule has 6 heteroatoms. The summed E-state index contributed by atoms with van der Waals surface area (Å²) in [4.78, 5) is 30.7. The number of aliphatic hydroxyl groups excluding tert-OH is 1. The minimum atomic E-state index is -0.671. The van der Waals surface area contributed by atoms with E-state index in [0.29, 0.717) is 18.7 Å². The molecular formula is C30H32N2O4. The van der Waals surface area contributed by atoms with Crippen molar-refractivity contribution in [3.05, 3.63) is 82.9 Å². The molecule has 1 amide bonds. The van der Waals surface area contributed by atoms with Crippen LogP contribution in [0, 0.1) is 0 Å². The van der Waals surface area contributed by atoms with Crippen molar-refractivity contribution < 1.29 is 19.4 Å². The number of carbonyl (C=O) groups is 2. The minimum Gasteiger partial charge on any atom is -0.507 e. The number of hydrogen-bond acceptors (Lipinski definition) is 5. The first kappa shape index (κ1) is 24.1. The molecule has 0 spiro atoms. The monoisotopic (exact) mass is 484 g/mol. The molecule has 3 aromatic carbocycles. The van der Waals surface area contributed by atoms with E-state index in [-0.39, 0.29) is 17.4 Å². The fraction of sp³-hybridized carbons (Fsp3) is 0.333. The summed E-state index contributed by atoms with van der Waals surface area (Å²) in [5.41, 5.74) is 2.50. The van der Waals surface area contributed by atoms with Gasteiger partial charge in [0.15, 0.2) is 0 Å². The van der Waals surface area contributed by atoms with E-state index in [2.05, 4.69) is 18.7 Å². The van der Waals surface area contributed by atoms with E-state index < -0.39 is 17.7 Å². The first-order valence-electron chi connectivity index (χ1n) is 12.7. The Morgan fingerprint density at radius 3 is 2.58 bits per heavy atom. The van der Waals surface area contributed by atoms with Crippen LogP contribution in [0.4, 0.5) is 0 Å². The number of nitrogens with zero attached hydrogens (tertiary/aromatic N) is 2. The van der Waals surface area contributed by atoms with Crippen molar-refractivity contribution in [3.8, 4) is 5.75 Å². The summed E-state index contributed by atoms with van der Waals surface area (Å²) in [5.74, 6) is -0.557. The number of ether oxygens (including phenoxy) is 1. The predicted octanol–water partition coefficient (Wildman–Crippen LogP) is 4.93. The van der Waals surface area contributed by atoms with Crippen LogP contribution in [0.3, 0.4) is 0 Å². The van der Waals surface area contributed by atoms with Gasteiger partial charge in [-0.15, -0.1) is 0 Å². The summed E-state index contributed by atoms with van der Waals surface area (Å²) in [6.07, 6.45) is 0.806. The van der Waals surface area contributed by atoms with E-state index in [1.807, 2.05) is 61.5 Å². The maximum atomic E-state index is 13.5. The fourth-order valence-corrected chi connectivity index (χ4v) is 5.44. The summed E-state index contributed by atoms with van der Waals surface area (Å²) in [6, 6.07) is 18.6. The summed E-state index contributed by atoms with van der Waals surface area (Å²) in [5, 5.41) is 13.5. The first-order valence-corrected chi connectivity index (χ1v) is 12.7. The summed E-state index contributed by atoms with van der Waals surface area (Å²) >= 11 is 0. The van der Waals surface area contributed by atoms with Gasteiger partial charge in [0.25, 0.3) is 11.7 Å². The van der Waals surface area contributed by atoms with Gasteiger partial charge in [0.2, 0.25) is 0 Å². The van der Waals surface area contributed by atoms with Crippen LogP contribution in [0.2, 0.25) is 0 Å². The van der Waals surface area contributed by atoms with Crippen LogP contribution in [0.15, 0.2) is 66.2 Å². The molecule has 0 unspecified atom stereocenters. The summed E-state index contributed by atoms with van der Waals surface area (Å²) in [7, 11) is 0. The molecule has 0 bridgehead atoms. The molecule has 3 aromatic rings. The van der Waals surface area contributed by atoms with Gasteiger partial charge in [-0.1, -0.05) is 56.3 Å². The van der Waals surface area contributed by atoms with Gasteiger partial charge in [0.1, 0.15) is 17.6 Å². The zero-order valence-electron chi connectivity index (χ0n) is 21.0. The van der Waals surface area contributed by atoms with Crippen LogP contribution in [0.5, 0.6) is 5.75 Å². The molecule has 0 aliphatic carbocycles. The lowest BCUT2D eigenvalue weighted by Gasteiger charge is -2.29. The number of rotatable bonds is 7. The quantitative estimate of drug-likeness (QED) is 0.293. The van der Waals surface area contributed by atoms with Crippen LogP contribution in [-0.4, -0.2) is 58.9 Å². The van der Waals surface area contributed by atoms with Crippen molar-refractivity contribution >= 4 is 28.2 Å². The van der Waals surface area contributed by atoms with Gasteiger partial charge in [-0.3, -0.25) is 9.59 Å². The molecule has 1 fully saturated rings. The number of ketones is 1. The lowest BCUT2D eigenvalue weighted by Crippen LogP contribution is -2.38. The van der Waals surface area contributed by atoms with Crippen molar-refractivity contribution in [2.75, 3.05) is 26.2 Å². The Morgan fingerprint density at radius 1 is 1.06 bits per heavy atom. The highest BCUT2D eigenvalue weighted by Gasteiger charge is 2.46. The highest BCUT2D eigenvalue weighted by molar-refractivity contribution is 6.46. The first-order chi connectivity index (χ1) is 17.4. The maximum absolute atomic E-state index is 13.5. The topological polar surface area (TPSA) is 70.1 Å². The summed E-state index contributed by atoms with van der Waals surface area (Å²) in [6.45, 7) is 8.92. The number of benzene rings is 3. The number of likely N-dealkylation sites (tertiary alicyclic amines) is 1. The molecule has 2 atom stereocenters. The van der Waals surface area contributed by atoms with Gasteiger partial charge in [0.05, 0.1) is 11.6 Å². The Hall–Kier alpha value is -3.64. The highest BCUT2D eigenvalue weighted by Crippen LogP contribution is 2.42. The van der Waals surface area contributed by atoms with E-state index in [0.717, 1.165) is 47.2 Å². The van der Waals surface area contributed by atoms with Crippen molar-refractivity contribution in [1.82, 2.24) is 9.80 Å². The summed E-state index contributed by atoms with van der Waals surface area (Å²) < 4.78 is 5.80. The second-order valence-electron chi connectivity index (χ2n) is 9.54. The fourth-order valence-electron chi connectivity index (χ4n) is 5.44. The molecular weight excluding hydrogens is 452 g/mol. The van der Waals surface area contributed by atoms with Gasteiger partial charge < -0.3 is 19.6 Å². The maximum Gasteiger partial charge on any atom is 0.295 e. The normalized spacial score (nSPS) is 20.8. The van der Waals surface area contributed by atoms with Gasteiger partial charge >= 0.3 is 0 Å². The van der Waals surface area contributed by atoms with Gasteiger partial charge in [-0.05, 0) is 60.1 Å². The number of Topliss-reactive ketones (excluding diaryl/α,β-unsaturated/α-hetero) is 1. The molecule has 0 saturated carbocycles. The van der Waals surface area contributed by atoms with Crippen LogP contribution in [0.1, 0.15) is 43.5 Å². The molecule has 0 aromatic heterocycles. The molecule has 0 radical (unpaired) electrons. The highest BCUT2D eigenvalue weighted by atomic mass is 16.5. The van der Waals surface area contributed by atoms with E-state index in [1.54, 1.807) is 11.0 Å². The average Bonchev–Trinajstić information content (AvgIpc) is 3.39. The third-order valence-electron chi connectivity index (χ3n) is 7.38. The van der Waals surface area contributed by atoms with E-state index in [1.165, 1.54) is 0 Å². The largest absolute Gasteiger partial charge is 0.507 e. The second kappa shape index (κ2) is 9.78. The smallest absolute Gasteiger partial charge is 0.295 e. The van der Waals surface area contributed by atoms with Gasteiger partial charge in [-0.25, -0.2) is 0 Å². The minimum absolute atomic E-state index is 0.0683. The number of hydrogen-bond donors (Lipinski definition) is 1. The molecule has 2 heterocycles. The molecule has 1 saturated heterocycles. The Morgan fingerprint density at radius 2 is 1.81 bits per heavy atom. The van der Waals surface area contributed by atoms with Crippen LogP contribution >= 0.6 is 0 Å². The molecule has 36 heavy (non-hydrogen) atoms. The lowest BCUT2D eigenvalue weighted by atomic mass is 9.91. The third kappa shape index (κ3) is 4.16. The molecule has 2 aliphatic rings. The third-order valence-corrected chi connectivity index (χ3v) is 7.38. The Balaban J connectivity index is 1.65. The second-order valence-corrected chi connectivity index (χ2v) is 9.54. The van der Waals surface area contributed by atoms with Crippen molar-refractivity contribution in [3.63, 3.8) is 0 Å². The van der Waals surface area contributed by atoms with Crippen LogP contribution in [-0.2, 0) is 16.0 Å². The number of likely N-dealkylation sites (N-methyl/N-ethyl adjacent to an activating group) is 1. The number of fused-ring (bicyclic) bond motifs is 2. The van der Waals surface area contributed by atoms with E-state index in [9.17, 15) is 14.7 Å². The molecule has 1 N–H and O–H groups in total. The number of amides is 1. The van der Waals surface area contributed by atoms with Crippen molar-refractivity contribution in [2.45, 2.75) is 39.3 Å². The van der Waals surface area contributed by atoms with Crippen LogP contribution < -0.4 is 4.74 Å². The zero-order chi connectivity index (χ0) is 25.4. The zero-order valence-corrected chi connectivity index (χ0v) is 21.0. The average molecular weight is 485 g/mol. The SMILES string of the molecule is CCN(CC)CCN1C(=O)C(=O)C(=C(O)c2ccc3c(c2)C[C@H](C)O3)[C@H]1c1cccc2ccccc12. The molecule has 186 valence electrons. The Bertz CT molecular complexity index is 1350. The Kier molecular flexibility index (Phi) is 6.54. The van der Waals surface area contributed by atoms with Gasteiger partial charge in [-0.2, -0.15) is 0 Å². The van der Waals surface area contributed by atoms with Gasteiger partial charge in [0, 0.05) is 25.1 Å². The number of aliphatic hydroxyl groups is 1. The molecule has 2 aliphatic heterocycles. The van der Waals surface area contributed by atoms with E-state index >= 15 is 0 Å². The Labute approximate surface area is 211 Å². The standard InChI is InChI=1S/C30H32N2O4/c1-4-31(5-2)15-16-32-27(24-12-8-10-20-9-6-7-11-23(20)24)26(29(34)30(32)35)28(33)21-13-14-25-22(18-21)17-19(3)36-25/h6-14,18-19,27,33H,4-5,15-17H2,1-3H3/t19-,27+/m0/s1. The van der Waals surface area contributed by atoms with Crippen molar-refractivity contribution in [2.24, 2.45) is 0 Å². The molecule has 5 rings (SSSR count). The van der Waals surface area contributed by atoms with E-state index in [4.69, 9.17) is 4.74 Å². The van der Waals surface area contributed by atoms with Crippen molar-refractivity contribution in [1.29, 1.82) is 0 Å². The predicted molar refractivity (Wildman–Crippen MR) is 141 cm³/mol. The number of carbonyl (C=O) groups excluding carboxylic acids is 2. The van der Waals surface area contributed by atoms with Crippen LogP contribution in [0.25, 0.3) is 16.5 Å².